The second-order valence-electron chi connectivity index (χ2n) is 4.43. The van der Waals surface area contributed by atoms with Crippen LogP contribution in [-0.2, 0) is 9.59 Å². The Kier molecular flexibility index (Phi) is 4.98. The topological polar surface area (TPSA) is 80.6 Å². The van der Waals surface area contributed by atoms with Crippen LogP contribution in [0.5, 0.6) is 5.75 Å². The normalized spacial score (nSPS) is 10.5. The molecule has 22 heavy (non-hydrogen) atoms. The van der Waals surface area contributed by atoms with Gasteiger partial charge in [-0.05, 0) is 36.4 Å². The third-order valence-electron chi connectivity index (χ3n) is 2.72. The summed E-state index contributed by atoms with van der Waals surface area (Å²) in [5, 5.41) is 5.34. The predicted molar refractivity (Wildman–Crippen MR) is 83.7 cm³/mol. The number of hydrogen-bond acceptors (Lipinski definition) is 4. The highest BCUT2D eigenvalue weighted by molar-refractivity contribution is 6.03. The summed E-state index contributed by atoms with van der Waals surface area (Å²) < 4.78 is 10.3. The van der Waals surface area contributed by atoms with Crippen molar-refractivity contribution in [3.63, 3.8) is 0 Å². The van der Waals surface area contributed by atoms with Crippen molar-refractivity contribution in [2.75, 3.05) is 17.7 Å². The molecule has 0 atom stereocenters. The molecule has 0 aliphatic carbocycles. The highest BCUT2D eigenvalue weighted by Crippen LogP contribution is 2.27. The summed E-state index contributed by atoms with van der Waals surface area (Å²) in [6.45, 7) is 1.41. The van der Waals surface area contributed by atoms with Crippen molar-refractivity contribution in [3.8, 4) is 5.75 Å². The van der Waals surface area contributed by atoms with Gasteiger partial charge in [-0.1, -0.05) is 0 Å². The number of carbonyl (C=O) groups excluding carboxylic acids is 2. The van der Waals surface area contributed by atoms with Crippen LogP contribution in [-0.4, -0.2) is 18.9 Å². The maximum Gasteiger partial charge on any atom is 0.248 e. The molecule has 114 valence electrons. The summed E-state index contributed by atoms with van der Waals surface area (Å²) in [6.07, 6.45) is 4.43. The SMILES string of the molecule is COc1ccc(NC(C)=O)cc1NC(=O)/C=C/c1ccco1. The number of furan rings is 1. The maximum absolute atomic E-state index is 11.9. The Morgan fingerprint density at radius 2 is 2.05 bits per heavy atom. The molecular weight excluding hydrogens is 284 g/mol. The molecule has 0 saturated carbocycles. The number of carbonyl (C=O) groups is 2. The van der Waals surface area contributed by atoms with Gasteiger partial charge in [-0.2, -0.15) is 0 Å². The molecule has 2 aromatic rings. The van der Waals surface area contributed by atoms with E-state index >= 15 is 0 Å². The summed E-state index contributed by atoms with van der Waals surface area (Å²) >= 11 is 0. The van der Waals surface area contributed by atoms with Crippen molar-refractivity contribution in [3.05, 3.63) is 48.4 Å². The lowest BCUT2D eigenvalue weighted by molar-refractivity contribution is -0.114. The fourth-order valence-corrected chi connectivity index (χ4v) is 1.80. The van der Waals surface area contributed by atoms with Gasteiger partial charge in [-0.25, -0.2) is 0 Å². The fourth-order valence-electron chi connectivity index (χ4n) is 1.80. The van der Waals surface area contributed by atoms with Crippen LogP contribution in [0, 0.1) is 0 Å². The van der Waals surface area contributed by atoms with Crippen molar-refractivity contribution < 1.29 is 18.7 Å². The summed E-state index contributed by atoms with van der Waals surface area (Å²) in [6, 6.07) is 8.45. The molecule has 6 heteroatoms. The Bertz CT molecular complexity index is 690. The lowest BCUT2D eigenvalue weighted by Crippen LogP contribution is -2.10. The van der Waals surface area contributed by atoms with E-state index in [0.717, 1.165) is 0 Å². The van der Waals surface area contributed by atoms with Gasteiger partial charge in [0.05, 0.1) is 19.1 Å². The van der Waals surface area contributed by atoms with Crippen LogP contribution in [0.4, 0.5) is 11.4 Å². The molecule has 0 aliphatic heterocycles. The molecule has 0 saturated heterocycles. The lowest BCUT2D eigenvalue weighted by Gasteiger charge is -2.11. The molecule has 1 aromatic heterocycles. The molecule has 2 rings (SSSR count). The minimum atomic E-state index is -0.338. The van der Waals surface area contributed by atoms with Gasteiger partial charge in [0.1, 0.15) is 11.5 Å². The van der Waals surface area contributed by atoms with Gasteiger partial charge < -0.3 is 19.8 Å². The molecule has 0 spiro atoms. The number of hydrogen-bond donors (Lipinski definition) is 2. The summed E-state index contributed by atoms with van der Waals surface area (Å²) in [5.41, 5.74) is 1.03. The average Bonchev–Trinajstić information content (AvgIpc) is 2.98. The molecule has 1 aromatic carbocycles. The van der Waals surface area contributed by atoms with Gasteiger partial charge in [0.15, 0.2) is 0 Å². The largest absolute Gasteiger partial charge is 0.495 e. The smallest absolute Gasteiger partial charge is 0.248 e. The van der Waals surface area contributed by atoms with E-state index < -0.39 is 0 Å². The van der Waals surface area contributed by atoms with E-state index in [4.69, 9.17) is 9.15 Å². The standard InChI is InChI=1S/C16H16N2O4/c1-11(19)17-12-5-7-15(21-2)14(10-12)18-16(20)8-6-13-4-3-9-22-13/h3-10H,1-2H3,(H,17,19)(H,18,20)/b8-6+. The third kappa shape index (κ3) is 4.24. The fraction of sp³-hybridized carbons (Fsp3) is 0.125. The number of methoxy groups -OCH3 is 1. The van der Waals surface area contributed by atoms with E-state index in [0.29, 0.717) is 22.9 Å². The van der Waals surface area contributed by atoms with Gasteiger partial charge in [-0.3, -0.25) is 9.59 Å². The van der Waals surface area contributed by atoms with Crippen molar-refractivity contribution >= 4 is 29.3 Å². The number of rotatable bonds is 5. The van der Waals surface area contributed by atoms with Gasteiger partial charge in [0.25, 0.3) is 0 Å². The van der Waals surface area contributed by atoms with Gasteiger partial charge >= 0.3 is 0 Å². The first-order chi connectivity index (χ1) is 10.6. The van der Waals surface area contributed by atoms with Crippen molar-refractivity contribution in [1.29, 1.82) is 0 Å². The van der Waals surface area contributed by atoms with Crippen molar-refractivity contribution in [2.24, 2.45) is 0 Å². The molecule has 0 fully saturated rings. The van der Waals surface area contributed by atoms with Crippen LogP contribution in [0.1, 0.15) is 12.7 Å². The van der Waals surface area contributed by atoms with E-state index in [2.05, 4.69) is 10.6 Å². The van der Waals surface area contributed by atoms with Crippen LogP contribution >= 0.6 is 0 Å². The zero-order valence-electron chi connectivity index (χ0n) is 12.3. The van der Waals surface area contributed by atoms with E-state index in [-0.39, 0.29) is 11.8 Å². The maximum atomic E-state index is 11.9. The van der Waals surface area contributed by atoms with E-state index in [1.54, 1.807) is 36.4 Å². The summed E-state index contributed by atoms with van der Waals surface area (Å²) in [4.78, 5) is 23.0. The number of benzene rings is 1. The molecule has 2 N–H and O–H groups in total. The minimum Gasteiger partial charge on any atom is -0.495 e. The Morgan fingerprint density at radius 1 is 1.23 bits per heavy atom. The number of anilines is 2. The Labute approximate surface area is 127 Å². The first kappa shape index (κ1) is 15.4. The quantitative estimate of drug-likeness (QED) is 0.832. The third-order valence-corrected chi connectivity index (χ3v) is 2.72. The van der Waals surface area contributed by atoms with Gasteiger partial charge in [-0.15, -0.1) is 0 Å². The Balaban J connectivity index is 2.12. The first-order valence-corrected chi connectivity index (χ1v) is 6.56. The van der Waals surface area contributed by atoms with Gasteiger partial charge in [0, 0.05) is 18.7 Å². The average molecular weight is 300 g/mol. The molecule has 0 aliphatic rings. The molecule has 6 nitrogen and oxygen atoms in total. The Morgan fingerprint density at radius 3 is 2.68 bits per heavy atom. The summed E-state index contributed by atoms with van der Waals surface area (Å²) in [7, 11) is 1.50. The number of nitrogens with one attached hydrogen (secondary N) is 2. The van der Waals surface area contributed by atoms with Gasteiger partial charge in [0.2, 0.25) is 11.8 Å². The van der Waals surface area contributed by atoms with Crippen LogP contribution in [0.15, 0.2) is 47.1 Å². The highest BCUT2D eigenvalue weighted by Gasteiger charge is 2.07. The zero-order valence-corrected chi connectivity index (χ0v) is 12.3. The Hall–Kier alpha value is -3.02. The second kappa shape index (κ2) is 7.12. The zero-order chi connectivity index (χ0) is 15.9. The first-order valence-electron chi connectivity index (χ1n) is 6.56. The molecule has 0 unspecified atom stereocenters. The molecule has 2 amide bonds. The second-order valence-corrected chi connectivity index (χ2v) is 4.43. The summed E-state index contributed by atoms with van der Waals surface area (Å²) in [5.74, 6) is 0.540. The predicted octanol–water partition coefficient (Wildman–Crippen LogP) is 2.90. The molecule has 1 heterocycles. The van der Waals surface area contributed by atoms with E-state index in [1.165, 1.54) is 26.4 Å². The number of amides is 2. The van der Waals surface area contributed by atoms with E-state index in [9.17, 15) is 9.59 Å². The molecule has 0 radical (unpaired) electrons. The molecule has 0 bridgehead atoms. The minimum absolute atomic E-state index is 0.194. The lowest BCUT2D eigenvalue weighted by atomic mass is 10.2. The van der Waals surface area contributed by atoms with Crippen molar-refractivity contribution in [2.45, 2.75) is 6.92 Å². The van der Waals surface area contributed by atoms with Crippen LogP contribution in [0.2, 0.25) is 0 Å². The van der Waals surface area contributed by atoms with Crippen molar-refractivity contribution in [1.82, 2.24) is 0 Å². The highest BCUT2D eigenvalue weighted by atomic mass is 16.5. The monoisotopic (exact) mass is 300 g/mol. The van der Waals surface area contributed by atoms with Crippen LogP contribution in [0.3, 0.4) is 0 Å². The number of ether oxygens (including phenoxy) is 1. The van der Waals surface area contributed by atoms with E-state index in [1.807, 2.05) is 0 Å². The van der Waals surface area contributed by atoms with Crippen LogP contribution < -0.4 is 15.4 Å². The molecular formula is C16H16N2O4. The van der Waals surface area contributed by atoms with Crippen LogP contribution in [0.25, 0.3) is 6.08 Å².